The summed E-state index contributed by atoms with van der Waals surface area (Å²) in [7, 11) is 3.69. The highest BCUT2D eigenvalue weighted by Crippen LogP contribution is 2.44. The maximum Gasteiger partial charge on any atom is 0.242 e. The van der Waals surface area contributed by atoms with Crippen molar-refractivity contribution in [1.29, 1.82) is 0 Å². The van der Waals surface area contributed by atoms with E-state index >= 15 is 0 Å². The Hall–Kier alpha value is -1.07. The van der Waals surface area contributed by atoms with E-state index in [4.69, 9.17) is 0 Å². The van der Waals surface area contributed by atoms with Crippen molar-refractivity contribution in [2.45, 2.75) is 37.8 Å². The number of carbonyl (C=O) groups excluding carboxylic acids is 1. The molecule has 1 amide bonds. The Morgan fingerprint density at radius 3 is 2.35 bits per heavy atom. The highest BCUT2D eigenvalue weighted by molar-refractivity contribution is 5.85. The molecule has 0 radical (unpaired) electrons. The highest BCUT2D eigenvalue weighted by atomic mass is 35.5. The fraction of sp³-hybridized carbons (Fsp3) is 0.714. The summed E-state index contributed by atoms with van der Waals surface area (Å²) < 4.78 is 1.73. The van der Waals surface area contributed by atoms with E-state index in [0.717, 1.165) is 17.4 Å². The van der Waals surface area contributed by atoms with Gasteiger partial charge in [-0.15, -0.1) is 12.4 Å². The number of rotatable bonds is 6. The number of hydrogen-bond donors (Lipinski definition) is 2. The summed E-state index contributed by atoms with van der Waals surface area (Å²) >= 11 is 0. The van der Waals surface area contributed by atoms with Gasteiger partial charge in [-0.1, -0.05) is 0 Å². The zero-order valence-corrected chi connectivity index (χ0v) is 12.8. The maximum absolute atomic E-state index is 12.4. The molecule has 112 valence electrons. The predicted octanol–water partition coefficient (Wildman–Crippen LogP) is 1.41. The summed E-state index contributed by atoms with van der Waals surface area (Å²) in [6, 6.07) is 0.105. The van der Waals surface area contributed by atoms with Crippen LogP contribution in [0.15, 0.2) is 12.4 Å². The van der Waals surface area contributed by atoms with Crippen LogP contribution in [0.1, 0.15) is 37.3 Å². The summed E-state index contributed by atoms with van der Waals surface area (Å²) in [4.78, 5) is 12.4. The van der Waals surface area contributed by atoms with E-state index < -0.39 is 0 Å². The van der Waals surface area contributed by atoms with Crippen molar-refractivity contribution in [2.24, 2.45) is 18.9 Å². The molecule has 1 aromatic heterocycles. The average Bonchev–Trinajstić information content (AvgIpc) is 3.28. The van der Waals surface area contributed by atoms with E-state index in [-0.39, 0.29) is 24.4 Å². The van der Waals surface area contributed by atoms with Crippen LogP contribution < -0.4 is 10.6 Å². The van der Waals surface area contributed by atoms with Crippen LogP contribution in [0.5, 0.6) is 0 Å². The zero-order valence-electron chi connectivity index (χ0n) is 12.0. The van der Waals surface area contributed by atoms with Crippen molar-refractivity contribution in [3.63, 3.8) is 0 Å². The fourth-order valence-corrected chi connectivity index (χ4v) is 2.82. The molecule has 5 nitrogen and oxygen atoms in total. The van der Waals surface area contributed by atoms with Crippen molar-refractivity contribution in [1.82, 2.24) is 20.4 Å². The fourth-order valence-electron chi connectivity index (χ4n) is 2.82. The molecule has 0 aromatic carbocycles. The van der Waals surface area contributed by atoms with Gasteiger partial charge in [0.25, 0.3) is 0 Å². The molecule has 2 aliphatic carbocycles. The maximum atomic E-state index is 12.4. The van der Waals surface area contributed by atoms with Gasteiger partial charge in [0.2, 0.25) is 5.91 Å². The second-order valence-electron chi connectivity index (χ2n) is 5.88. The van der Waals surface area contributed by atoms with E-state index in [9.17, 15) is 4.79 Å². The topological polar surface area (TPSA) is 59.0 Å². The molecule has 2 N–H and O–H groups in total. The number of carbonyl (C=O) groups is 1. The lowest BCUT2D eigenvalue weighted by atomic mass is 10.1. The standard InChI is InChI=1S/C14H22N4O.ClH/c1-15-13(11-7-16-18(2)8-11)14(19)17-12(9-3-4-9)10-5-6-10;/h7-10,12-13,15H,3-6H2,1-2H3,(H,17,19);1H. The number of halogens is 1. The molecule has 0 bridgehead atoms. The summed E-state index contributed by atoms with van der Waals surface area (Å²) in [6.07, 6.45) is 8.75. The Morgan fingerprint density at radius 2 is 1.95 bits per heavy atom. The van der Waals surface area contributed by atoms with Crippen LogP contribution in [0, 0.1) is 11.8 Å². The van der Waals surface area contributed by atoms with Gasteiger partial charge in [0.05, 0.1) is 6.20 Å². The Kier molecular flexibility index (Phi) is 4.70. The van der Waals surface area contributed by atoms with Gasteiger partial charge < -0.3 is 10.6 Å². The predicted molar refractivity (Wildman–Crippen MR) is 79.6 cm³/mol. The Labute approximate surface area is 125 Å². The molecule has 2 fully saturated rings. The molecule has 1 unspecified atom stereocenters. The first kappa shape index (κ1) is 15.3. The lowest BCUT2D eigenvalue weighted by molar-refractivity contribution is -0.124. The molecule has 1 aromatic rings. The molecule has 0 spiro atoms. The average molecular weight is 299 g/mol. The molecular weight excluding hydrogens is 276 g/mol. The third-order valence-corrected chi connectivity index (χ3v) is 4.18. The monoisotopic (exact) mass is 298 g/mol. The quantitative estimate of drug-likeness (QED) is 0.835. The number of hydrogen-bond acceptors (Lipinski definition) is 3. The Morgan fingerprint density at radius 1 is 1.35 bits per heavy atom. The van der Waals surface area contributed by atoms with Crippen molar-refractivity contribution >= 4 is 18.3 Å². The van der Waals surface area contributed by atoms with Crippen molar-refractivity contribution in [3.05, 3.63) is 18.0 Å². The molecule has 2 saturated carbocycles. The lowest BCUT2D eigenvalue weighted by Gasteiger charge is -2.21. The van der Waals surface area contributed by atoms with Gasteiger partial charge in [0.1, 0.15) is 6.04 Å². The van der Waals surface area contributed by atoms with Gasteiger partial charge in [-0.05, 0) is 44.6 Å². The number of nitrogens with zero attached hydrogens (tertiary/aromatic N) is 2. The molecule has 0 aliphatic heterocycles. The van der Waals surface area contributed by atoms with Gasteiger partial charge in [0.15, 0.2) is 0 Å². The number of amides is 1. The van der Waals surface area contributed by atoms with Gasteiger partial charge in [-0.25, -0.2) is 0 Å². The second kappa shape index (κ2) is 6.14. The third-order valence-electron chi connectivity index (χ3n) is 4.18. The van der Waals surface area contributed by atoms with Crippen LogP contribution in [0.3, 0.4) is 0 Å². The van der Waals surface area contributed by atoms with Crippen LogP contribution >= 0.6 is 12.4 Å². The van der Waals surface area contributed by atoms with Crippen LogP contribution in [-0.4, -0.2) is 28.8 Å². The number of likely N-dealkylation sites (N-methyl/N-ethyl adjacent to an activating group) is 1. The van der Waals surface area contributed by atoms with Crippen LogP contribution in [0.4, 0.5) is 0 Å². The van der Waals surface area contributed by atoms with Crippen LogP contribution in [-0.2, 0) is 11.8 Å². The van der Waals surface area contributed by atoms with Crippen molar-refractivity contribution in [3.8, 4) is 0 Å². The van der Waals surface area contributed by atoms with E-state index in [0.29, 0.717) is 6.04 Å². The first-order valence-corrected chi connectivity index (χ1v) is 7.15. The SMILES string of the molecule is CNC(C(=O)NC(C1CC1)C1CC1)c1cnn(C)c1.Cl. The Bertz CT molecular complexity index is 455. The van der Waals surface area contributed by atoms with Crippen LogP contribution in [0.2, 0.25) is 0 Å². The van der Waals surface area contributed by atoms with Crippen LogP contribution in [0.25, 0.3) is 0 Å². The normalized spacial score (nSPS) is 19.6. The molecule has 1 heterocycles. The van der Waals surface area contributed by atoms with Gasteiger partial charge in [-0.2, -0.15) is 5.10 Å². The van der Waals surface area contributed by atoms with Gasteiger partial charge in [0, 0.05) is 24.8 Å². The third kappa shape index (κ3) is 3.33. The molecule has 20 heavy (non-hydrogen) atoms. The zero-order chi connectivity index (χ0) is 13.4. The molecular formula is C14H23ClN4O. The number of nitrogens with one attached hydrogen (secondary N) is 2. The summed E-state index contributed by atoms with van der Waals surface area (Å²) in [6.45, 7) is 0. The highest BCUT2D eigenvalue weighted by Gasteiger charge is 2.42. The molecule has 2 aliphatic rings. The minimum Gasteiger partial charge on any atom is -0.351 e. The van der Waals surface area contributed by atoms with Crippen molar-refractivity contribution in [2.75, 3.05) is 7.05 Å². The van der Waals surface area contributed by atoms with Gasteiger partial charge in [-0.3, -0.25) is 9.48 Å². The molecule has 1 atom stereocenters. The molecule has 6 heteroatoms. The Balaban J connectivity index is 0.00000147. The first-order chi connectivity index (χ1) is 9.19. The largest absolute Gasteiger partial charge is 0.351 e. The second-order valence-corrected chi connectivity index (χ2v) is 5.88. The lowest BCUT2D eigenvalue weighted by Crippen LogP contribution is -2.43. The van der Waals surface area contributed by atoms with E-state index in [2.05, 4.69) is 15.7 Å². The molecule has 0 saturated heterocycles. The van der Waals surface area contributed by atoms with Gasteiger partial charge >= 0.3 is 0 Å². The summed E-state index contributed by atoms with van der Waals surface area (Å²) in [5.74, 6) is 1.53. The smallest absolute Gasteiger partial charge is 0.242 e. The number of aryl methyl sites for hydroxylation is 1. The minimum atomic E-state index is -0.298. The summed E-state index contributed by atoms with van der Waals surface area (Å²) in [5.41, 5.74) is 0.924. The first-order valence-electron chi connectivity index (χ1n) is 7.15. The molecule has 3 rings (SSSR count). The van der Waals surface area contributed by atoms with Crippen molar-refractivity contribution < 1.29 is 4.79 Å². The van der Waals surface area contributed by atoms with E-state index in [1.807, 2.05) is 20.3 Å². The summed E-state index contributed by atoms with van der Waals surface area (Å²) in [5, 5.41) is 10.5. The van der Waals surface area contributed by atoms with E-state index in [1.165, 1.54) is 25.7 Å². The number of aromatic nitrogens is 2. The minimum absolute atomic E-state index is 0. The van der Waals surface area contributed by atoms with E-state index in [1.54, 1.807) is 10.9 Å².